The predicted octanol–water partition coefficient (Wildman–Crippen LogP) is 4.89. The highest BCUT2D eigenvalue weighted by molar-refractivity contribution is 8.00. The lowest BCUT2D eigenvalue weighted by Gasteiger charge is -2.51. The fourth-order valence-corrected chi connectivity index (χ4v) is 11.3. The Hall–Kier alpha value is -0.560. The number of hydrogen-bond acceptors (Lipinski definition) is 4. The zero-order valence-corrected chi connectivity index (χ0v) is 21.2. The van der Waals surface area contributed by atoms with Gasteiger partial charge in [0.05, 0.1) is 5.75 Å². The van der Waals surface area contributed by atoms with Crippen molar-refractivity contribution in [3.63, 3.8) is 0 Å². The SMILES string of the molecule is CC(C)N(C(C)C)S(=O)(=O)CC12CCC(C[C@@]1(CN)SCc1ccccc1)C2(C)C. The van der Waals surface area contributed by atoms with Gasteiger partial charge in [-0.05, 0) is 63.9 Å². The van der Waals surface area contributed by atoms with E-state index in [1.807, 2.05) is 45.5 Å². The van der Waals surface area contributed by atoms with Crippen LogP contribution in [0.3, 0.4) is 0 Å². The minimum atomic E-state index is -3.42. The van der Waals surface area contributed by atoms with Crippen molar-refractivity contribution in [3.05, 3.63) is 35.9 Å². The Labute approximate surface area is 188 Å². The second kappa shape index (κ2) is 8.42. The summed E-state index contributed by atoms with van der Waals surface area (Å²) in [6.07, 6.45) is 3.08. The molecule has 170 valence electrons. The molecule has 0 aliphatic heterocycles. The number of nitrogens with zero attached hydrogens (tertiary/aromatic N) is 1. The van der Waals surface area contributed by atoms with Crippen molar-refractivity contribution >= 4 is 21.8 Å². The Bertz CT molecular complexity index is 830. The van der Waals surface area contributed by atoms with E-state index in [4.69, 9.17) is 5.73 Å². The molecule has 2 N–H and O–H groups in total. The van der Waals surface area contributed by atoms with Crippen LogP contribution in [0.1, 0.15) is 66.4 Å². The first-order chi connectivity index (χ1) is 13.9. The van der Waals surface area contributed by atoms with Crippen LogP contribution in [0.4, 0.5) is 0 Å². The summed E-state index contributed by atoms with van der Waals surface area (Å²) in [6, 6.07) is 10.4. The highest BCUT2D eigenvalue weighted by Gasteiger charge is 2.71. The van der Waals surface area contributed by atoms with Crippen LogP contribution in [-0.4, -0.2) is 41.9 Å². The molecule has 1 aromatic carbocycles. The van der Waals surface area contributed by atoms with Gasteiger partial charge in [-0.3, -0.25) is 0 Å². The van der Waals surface area contributed by atoms with Crippen LogP contribution < -0.4 is 5.73 Å². The Morgan fingerprint density at radius 1 is 1.13 bits per heavy atom. The minimum Gasteiger partial charge on any atom is -0.329 e. The van der Waals surface area contributed by atoms with Gasteiger partial charge in [0.25, 0.3) is 0 Å². The first-order valence-electron chi connectivity index (χ1n) is 11.3. The average molecular weight is 453 g/mol. The third kappa shape index (κ3) is 3.76. The fraction of sp³-hybridized carbons (Fsp3) is 0.750. The van der Waals surface area contributed by atoms with Gasteiger partial charge in [0, 0.05) is 34.5 Å². The topological polar surface area (TPSA) is 63.4 Å². The minimum absolute atomic E-state index is 0.0389. The van der Waals surface area contributed by atoms with Gasteiger partial charge in [-0.2, -0.15) is 4.31 Å². The molecule has 6 heteroatoms. The number of hydrogen-bond donors (Lipinski definition) is 1. The summed E-state index contributed by atoms with van der Waals surface area (Å²) >= 11 is 1.91. The monoisotopic (exact) mass is 452 g/mol. The van der Waals surface area contributed by atoms with Crippen molar-refractivity contribution in [3.8, 4) is 0 Å². The van der Waals surface area contributed by atoms with Crippen LogP contribution in [-0.2, 0) is 15.8 Å². The first-order valence-corrected chi connectivity index (χ1v) is 13.9. The van der Waals surface area contributed by atoms with E-state index in [1.165, 1.54) is 5.56 Å². The lowest BCUT2D eigenvalue weighted by molar-refractivity contribution is 0.124. The van der Waals surface area contributed by atoms with Crippen molar-refractivity contribution in [2.75, 3.05) is 12.3 Å². The first kappa shape index (κ1) is 24.1. The quantitative estimate of drug-likeness (QED) is 0.579. The summed E-state index contributed by atoms with van der Waals surface area (Å²) in [6.45, 7) is 13.0. The van der Waals surface area contributed by atoms with Gasteiger partial charge < -0.3 is 5.73 Å². The standard InChI is InChI=1S/C24H40N2O2S2/c1-18(2)26(19(3)4)30(27,28)17-23-13-12-21(22(23,5)6)14-24(23,16-25)29-15-20-10-8-7-9-11-20/h7-11,18-19,21H,12-17,25H2,1-6H3/t21?,23?,24-/m0/s1. The summed E-state index contributed by atoms with van der Waals surface area (Å²) in [5.74, 6) is 1.62. The molecule has 3 atom stereocenters. The van der Waals surface area contributed by atoms with Crippen molar-refractivity contribution in [2.24, 2.45) is 22.5 Å². The highest BCUT2D eigenvalue weighted by Crippen LogP contribution is 2.73. The van der Waals surface area contributed by atoms with Gasteiger partial charge in [0.1, 0.15) is 0 Å². The van der Waals surface area contributed by atoms with E-state index in [9.17, 15) is 8.42 Å². The van der Waals surface area contributed by atoms with E-state index >= 15 is 0 Å². The molecule has 30 heavy (non-hydrogen) atoms. The number of benzene rings is 1. The van der Waals surface area contributed by atoms with Gasteiger partial charge in [0.15, 0.2) is 0 Å². The Kier molecular flexibility index (Phi) is 6.76. The number of nitrogens with two attached hydrogens (primary N) is 1. The molecule has 0 amide bonds. The lowest BCUT2D eigenvalue weighted by atomic mass is 9.66. The Morgan fingerprint density at radius 3 is 2.23 bits per heavy atom. The van der Waals surface area contributed by atoms with Crippen LogP contribution in [0.2, 0.25) is 0 Å². The summed E-state index contributed by atoms with van der Waals surface area (Å²) in [5, 5.41) is 0. The van der Waals surface area contributed by atoms with E-state index in [1.54, 1.807) is 4.31 Å². The summed E-state index contributed by atoms with van der Waals surface area (Å²) in [7, 11) is -3.42. The Balaban J connectivity index is 2.00. The summed E-state index contributed by atoms with van der Waals surface area (Å²) in [5.41, 5.74) is 7.44. The lowest BCUT2D eigenvalue weighted by Crippen LogP contribution is -2.57. The Morgan fingerprint density at radius 2 is 1.73 bits per heavy atom. The molecule has 0 heterocycles. The molecule has 0 aromatic heterocycles. The van der Waals surface area contributed by atoms with Crippen molar-refractivity contribution in [2.45, 2.75) is 83.4 Å². The molecule has 2 bridgehead atoms. The van der Waals surface area contributed by atoms with E-state index in [0.717, 1.165) is 25.0 Å². The third-order valence-corrected chi connectivity index (χ3v) is 12.2. The molecular formula is C24H40N2O2S2. The van der Waals surface area contributed by atoms with Gasteiger partial charge in [-0.15, -0.1) is 11.8 Å². The maximum absolute atomic E-state index is 13.8. The molecule has 2 aliphatic rings. The summed E-state index contributed by atoms with van der Waals surface area (Å²) < 4.78 is 29.1. The van der Waals surface area contributed by atoms with Crippen LogP contribution in [0.15, 0.2) is 30.3 Å². The van der Waals surface area contributed by atoms with Gasteiger partial charge >= 0.3 is 0 Å². The van der Waals surface area contributed by atoms with E-state index in [0.29, 0.717) is 12.5 Å². The highest BCUT2D eigenvalue weighted by atomic mass is 32.2. The molecule has 1 aromatic rings. The smallest absolute Gasteiger partial charge is 0.215 e. The second-order valence-electron chi connectivity index (χ2n) is 10.5. The van der Waals surface area contributed by atoms with Crippen LogP contribution in [0, 0.1) is 16.7 Å². The second-order valence-corrected chi connectivity index (χ2v) is 13.7. The van der Waals surface area contributed by atoms with Crippen LogP contribution in [0.5, 0.6) is 0 Å². The van der Waals surface area contributed by atoms with Gasteiger partial charge in [-0.1, -0.05) is 44.2 Å². The summed E-state index contributed by atoms with van der Waals surface area (Å²) in [4.78, 5) is 0. The normalized spacial score (nSPS) is 30.7. The third-order valence-electron chi connectivity index (χ3n) is 8.08. The average Bonchev–Trinajstić information content (AvgIpc) is 2.99. The van der Waals surface area contributed by atoms with Crippen molar-refractivity contribution in [1.82, 2.24) is 4.31 Å². The van der Waals surface area contributed by atoms with E-state index < -0.39 is 10.0 Å². The number of fused-ring (bicyclic) bond motifs is 2. The molecule has 3 rings (SSSR count). The molecular weight excluding hydrogens is 412 g/mol. The zero-order chi connectivity index (χ0) is 22.4. The molecule has 2 saturated carbocycles. The molecule has 2 aliphatic carbocycles. The molecule has 0 spiro atoms. The van der Waals surface area contributed by atoms with Gasteiger partial charge in [0.2, 0.25) is 10.0 Å². The number of sulfonamides is 1. The molecule has 2 unspecified atom stereocenters. The molecule has 2 fully saturated rings. The molecule has 4 nitrogen and oxygen atoms in total. The largest absolute Gasteiger partial charge is 0.329 e. The predicted molar refractivity (Wildman–Crippen MR) is 129 cm³/mol. The van der Waals surface area contributed by atoms with Crippen molar-refractivity contribution < 1.29 is 8.42 Å². The van der Waals surface area contributed by atoms with Crippen LogP contribution in [0.25, 0.3) is 0 Å². The van der Waals surface area contributed by atoms with E-state index in [-0.39, 0.29) is 33.4 Å². The zero-order valence-electron chi connectivity index (χ0n) is 19.5. The maximum atomic E-state index is 13.8. The van der Waals surface area contributed by atoms with Crippen molar-refractivity contribution in [1.29, 1.82) is 0 Å². The van der Waals surface area contributed by atoms with Gasteiger partial charge in [-0.25, -0.2) is 8.42 Å². The molecule has 0 radical (unpaired) electrons. The number of thioether (sulfide) groups is 1. The fourth-order valence-electron chi connectivity index (χ4n) is 6.60. The molecule has 0 saturated heterocycles. The maximum Gasteiger partial charge on any atom is 0.215 e. The van der Waals surface area contributed by atoms with Crippen LogP contribution >= 0.6 is 11.8 Å². The number of rotatable bonds is 9. The van der Waals surface area contributed by atoms with E-state index in [2.05, 4.69) is 38.1 Å².